The summed E-state index contributed by atoms with van der Waals surface area (Å²) in [5.74, 6) is 0.858. The molecule has 0 fully saturated rings. The number of rotatable bonds is 3. The summed E-state index contributed by atoms with van der Waals surface area (Å²) in [4.78, 5) is 13.2. The number of aromatic nitrogens is 6. The Morgan fingerprint density at radius 1 is 1.00 bits per heavy atom. The Morgan fingerprint density at radius 3 is 2.82 bits per heavy atom. The highest BCUT2D eigenvalue weighted by Gasteiger charge is 2.11. The SMILES string of the molecule is Cc1cnc(Cn2ccnc2-c2cccc3ccnn23)cn1. The van der Waals surface area contributed by atoms with Crippen molar-refractivity contribution >= 4 is 5.52 Å². The Balaban J connectivity index is 1.76. The highest BCUT2D eigenvalue weighted by Crippen LogP contribution is 2.19. The van der Waals surface area contributed by atoms with Crippen molar-refractivity contribution in [3.63, 3.8) is 0 Å². The molecule has 0 bridgehead atoms. The van der Waals surface area contributed by atoms with Crippen LogP contribution in [0.1, 0.15) is 11.4 Å². The molecular weight excluding hydrogens is 276 g/mol. The first-order valence-corrected chi connectivity index (χ1v) is 7.03. The standard InChI is InChI=1S/C16H14N6/c1-12-9-19-13(10-18-12)11-21-8-7-17-16(21)15-4-2-3-14-5-6-20-22(14)15/h2-10H,11H2,1H3. The van der Waals surface area contributed by atoms with Crippen molar-refractivity contribution in [1.29, 1.82) is 0 Å². The summed E-state index contributed by atoms with van der Waals surface area (Å²) in [5.41, 5.74) is 3.81. The number of pyridine rings is 1. The van der Waals surface area contributed by atoms with E-state index in [1.54, 1.807) is 24.8 Å². The molecular formula is C16H14N6. The average Bonchev–Trinajstić information content (AvgIpc) is 3.18. The third kappa shape index (κ3) is 2.14. The third-order valence-corrected chi connectivity index (χ3v) is 3.53. The second-order valence-corrected chi connectivity index (χ2v) is 5.11. The van der Waals surface area contributed by atoms with Gasteiger partial charge in [-0.3, -0.25) is 9.97 Å². The Labute approximate surface area is 127 Å². The van der Waals surface area contributed by atoms with Crippen molar-refractivity contribution in [2.45, 2.75) is 13.5 Å². The summed E-state index contributed by atoms with van der Waals surface area (Å²) in [6.45, 7) is 2.55. The maximum Gasteiger partial charge on any atom is 0.159 e. The summed E-state index contributed by atoms with van der Waals surface area (Å²) in [6, 6.07) is 8.02. The lowest BCUT2D eigenvalue weighted by Crippen LogP contribution is -2.06. The number of aryl methyl sites for hydroxylation is 1. The molecule has 0 aliphatic rings. The van der Waals surface area contributed by atoms with Crippen LogP contribution < -0.4 is 0 Å². The third-order valence-electron chi connectivity index (χ3n) is 3.53. The van der Waals surface area contributed by atoms with Crippen LogP contribution in [0.2, 0.25) is 0 Å². The fourth-order valence-corrected chi connectivity index (χ4v) is 2.46. The topological polar surface area (TPSA) is 60.9 Å². The Kier molecular flexibility index (Phi) is 2.93. The molecule has 22 heavy (non-hydrogen) atoms. The van der Waals surface area contributed by atoms with E-state index < -0.39 is 0 Å². The van der Waals surface area contributed by atoms with Crippen molar-refractivity contribution in [2.75, 3.05) is 0 Å². The van der Waals surface area contributed by atoms with Crippen LogP contribution >= 0.6 is 0 Å². The normalized spacial score (nSPS) is 11.1. The Bertz CT molecular complexity index is 919. The lowest BCUT2D eigenvalue weighted by molar-refractivity contribution is 0.765. The molecule has 4 heterocycles. The van der Waals surface area contributed by atoms with Crippen molar-refractivity contribution in [1.82, 2.24) is 29.1 Å². The predicted octanol–water partition coefficient (Wildman–Crippen LogP) is 2.34. The minimum atomic E-state index is 0.625. The van der Waals surface area contributed by atoms with Gasteiger partial charge in [-0.25, -0.2) is 9.50 Å². The second-order valence-electron chi connectivity index (χ2n) is 5.11. The van der Waals surface area contributed by atoms with Gasteiger partial charge in [0.25, 0.3) is 0 Å². The van der Waals surface area contributed by atoms with Gasteiger partial charge in [-0.15, -0.1) is 0 Å². The van der Waals surface area contributed by atoms with Crippen LogP contribution in [0, 0.1) is 6.92 Å². The maximum absolute atomic E-state index is 4.48. The van der Waals surface area contributed by atoms with Crippen molar-refractivity contribution < 1.29 is 0 Å². The average molecular weight is 290 g/mol. The van der Waals surface area contributed by atoms with Gasteiger partial charge in [0.1, 0.15) is 5.69 Å². The van der Waals surface area contributed by atoms with Gasteiger partial charge >= 0.3 is 0 Å². The van der Waals surface area contributed by atoms with E-state index in [0.717, 1.165) is 28.4 Å². The molecule has 0 aromatic carbocycles. The highest BCUT2D eigenvalue weighted by molar-refractivity contribution is 5.58. The van der Waals surface area contributed by atoms with E-state index in [0.29, 0.717) is 6.54 Å². The van der Waals surface area contributed by atoms with Crippen molar-refractivity contribution in [2.24, 2.45) is 0 Å². The van der Waals surface area contributed by atoms with Gasteiger partial charge < -0.3 is 4.57 Å². The molecule has 4 rings (SSSR count). The first kappa shape index (κ1) is 12.7. The Hall–Kier alpha value is -3.02. The molecule has 4 aromatic heterocycles. The van der Waals surface area contributed by atoms with Gasteiger partial charge in [-0.2, -0.15) is 5.10 Å². The van der Waals surface area contributed by atoms with Gasteiger partial charge in [0.15, 0.2) is 5.82 Å². The van der Waals surface area contributed by atoms with E-state index in [1.165, 1.54) is 0 Å². The zero-order chi connectivity index (χ0) is 14.9. The summed E-state index contributed by atoms with van der Waals surface area (Å²) in [6.07, 6.45) is 9.10. The quantitative estimate of drug-likeness (QED) is 0.581. The molecule has 0 saturated heterocycles. The molecule has 6 heteroatoms. The number of hydrogen-bond acceptors (Lipinski definition) is 4. The van der Waals surface area contributed by atoms with Crippen LogP contribution in [0.25, 0.3) is 17.0 Å². The minimum Gasteiger partial charge on any atom is -0.324 e. The lowest BCUT2D eigenvalue weighted by Gasteiger charge is -2.09. The molecule has 0 unspecified atom stereocenters. The van der Waals surface area contributed by atoms with Gasteiger partial charge in [-0.05, 0) is 25.1 Å². The van der Waals surface area contributed by atoms with Crippen LogP contribution in [-0.4, -0.2) is 29.1 Å². The smallest absolute Gasteiger partial charge is 0.159 e. The molecule has 108 valence electrons. The Morgan fingerprint density at radius 2 is 1.95 bits per heavy atom. The molecule has 0 spiro atoms. The van der Waals surface area contributed by atoms with Crippen LogP contribution in [0.4, 0.5) is 0 Å². The summed E-state index contributed by atoms with van der Waals surface area (Å²) >= 11 is 0. The largest absolute Gasteiger partial charge is 0.324 e. The fourth-order valence-electron chi connectivity index (χ4n) is 2.46. The van der Waals surface area contributed by atoms with Crippen molar-refractivity contribution in [3.05, 3.63) is 66.6 Å². The molecule has 0 atom stereocenters. The minimum absolute atomic E-state index is 0.625. The van der Waals surface area contributed by atoms with Crippen molar-refractivity contribution in [3.8, 4) is 11.5 Å². The number of nitrogens with zero attached hydrogens (tertiary/aromatic N) is 6. The molecule has 0 radical (unpaired) electrons. The maximum atomic E-state index is 4.48. The van der Waals surface area contributed by atoms with Gasteiger partial charge in [0.2, 0.25) is 0 Å². The van der Waals surface area contributed by atoms with Crippen LogP contribution in [0.5, 0.6) is 0 Å². The van der Waals surface area contributed by atoms with E-state index in [9.17, 15) is 0 Å². The molecule has 0 aliphatic carbocycles. The van der Waals surface area contributed by atoms with Crippen LogP contribution in [0.15, 0.2) is 55.2 Å². The molecule has 0 aliphatic heterocycles. The molecule has 0 N–H and O–H groups in total. The fraction of sp³-hybridized carbons (Fsp3) is 0.125. The molecule has 0 amide bonds. The number of imidazole rings is 1. The van der Waals surface area contributed by atoms with E-state index >= 15 is 0 Å². The first-order valence-electron chi connectivity index (χ1n) is 7.03. The summed E-state index contributed by atoms with van der Waals surface area (Å²) < 4.78 is 3.94. The predicted molar refractivity (Wildman–Crippen MR) is 82.3 cm³/mol. The number of fused-ring (bicyclic) bond motifs is 1. The first-order chi connectivity index (χ1) is 10.8. The van der Waals surface area contributed by atoms with Crippen LogP contribution in [0.3, 0.4) is 0 Å². The second kappa shape index (κ2) is 5.07. The van der Waals surface area contributed by atoms with E-state index in [4.69, 9.17) is 0 Å². The summed E-state index contributed by atoms with van der Waals surface area (Å²) in [7, 11) is 0. The zero-order valence-electron chi connectivity index (χ0n) is 12.1. The number of hydrogen-bond donors (Lipinski definition) is 0. The van der Waals surface area contributed by atoms with E-state index in [1.807, 2.05) is 41.9 Å². The van der Waals surface area contributed by atoms with Crippen LogP contribution in [-0.2, 0) is 6.54 Å². The van der Waals surface area contributed by atoms with Gasteiger partial charge in [0, 0.05) is 18.6 Å². The molecule has 6 nitrogen and oxygen atoms in total. The van der Waals surface area contributed by atoms with E-state index in [-0.39, 0.29) is 0 Å². The monoisotopic (exact) mass is 290 g/mol. The lowest BCUT2D eigenvalue weighted by atomic mass is 10.3. The summed E-state index contributed by atoms with van der Waals surface area (Å²) in [5, 5.41) is 4.37. The highest BCUT2D eigenvalue weighted by atomic mass is 15.2. The van der Waals surface area contributed by atoms with Gasteiger partial charge in [0.05, 0.1) is 35.8 Å². The zero-order valence-corrected chi connectivity index (χ0v) is 12.1. The van der Waals surface area contributed by atoms with E-state index in [2.05, 4.69) is 24.6 Å². The van der Waals surface area contributed by atoms with Gasteiger partial charge in [-0.1, -0.05) is 6.07 Å². The molecule has 4 aromatic rings. The molecule has 0 saturated carbocycles.